The Labute approximate surface area is 117 Å². The van der Waals surface area contributed by atoms with Crippen LogP contribution in [-0.4, -0.2) is 51.2 Å². The maximum absolute atomic E-state index is 12.3. The van der Waals surface area contributed by atoms with Crippen molar-refractivity contribution >= 4 is 12.0 Å². The summed E-state index contributed by atoms with van der Waals surface area (Å²) in [5.41, 5.74) is 0.401. The van der Waals surface area contributed by atoms with Gasteiger partial charge in [0.25, 0.3) is 0 Å². The van der Waals surface area contributed by atoms with Crippen molar-refractivity contribution in [3.05, 3.63) is 23.8 Å². The van der Waals surface area contributed by atoms with Crippen LogP contribution in [-0.2, 0) is 11.3 Å². The van der Waals surface area contributed by atoms with Crippen molar-refractivity contribution in [3.8, 4) is 0 Å². The molecule has 10 heteroatoms. The molecule has 1 aromatic heterocycles. The third-order valence-corrected chi connectivity index (χ3v) is 2.24. The maximum atomic E-state index is 12.3. The minimum Gasteiger partial charge on any atom is -0.480 e. The van der Waals surface area contributed by atoms with Gasteiger partial charge >= 0.3 is 18.2 Å². The summed E-state index contributed by atoms with van der Waals surface area (Å²) in [6.07, 6.45) is -3.24. The van der Waals surface area contributed by atoms with Crippen LogP contribution in [0, 0.1) is 6.92 Å². The van der Waals surface area contributed by atoms with Gasteiger partial charge < -0.3 is 15.3 Å². The van der Waals surface area contributed by atoms with Crippen LogP contribution in [0.5, 0.6) is 0 Å². The summed E-state index contributed by atoms with van der Waals surface area (Å²) < 4.78 is 36.9. The summed E-state index contributed by atoms with van der Waals surface area (Å²) in [4.78, 5) is 30.1. The van der Waals surface area contributed by atoms with Gasteiger partial charge in [-0.15, -0.1) is 0 Å². The van der Waals surface area contributed by atoms with Gasteiger partial charge in [0, 0.05) is 6.20 Å². The summed E-state index contributed by atoms with van der Waals surface area (Å²) in [5.74, 6) is -1.09. The second kappa shape index (κ2) is 6.86. The van der Waals surface area contributed by atoms with E-state index in [1.165, 1.54) is 12.3 Å². The largest absolute Gasteiger partial charge is 0.480 e. The Morgan fingerprint density at radius 3 is 2.62 bits per heavy atom. The summed E-state index contributed by atoms with van der Waals surface area (Å²) in [5, 5.41) is 10.7. The number of amides is 2. The zero-order valence-electron chi connectivity index (χ0n) is 11.0. The molecule has 0 aliphatic rings. The number of aryl methyl sites for hydroxylation is 1. The van der Waals surface area contributed by atoms with Crippen molar-refractivity contribution in [2.45, 2.75) is 19.6 Å². The minimum absolute atomic E-state index is 0.129. The number of carboxylic acids is 1. The number of aliphatic carboxylic acids is 1. The maximum Gasteiger partial charge on any atom is 0.406 e. The van der Waals surface area contributed by atoms with Crippen molar-refractivity contribution in [3.63, 3.8) is 0 Å². The molecule has 0 fully saturated rings. The van der Waals surface area contributed by atoms with Crippen LogP contribution in [0.25, 0.3) is 0 Å². The molecular formula is C11H13F3N4O3. The number of carboxylic acid groups (broad SMARTS) is 1. The molecule has 2 amide bonds. The van der Waals surface area contributed by atoms with Crippen LogP contribution in [0.3, 0.4) is 0 Å². The standard InChI is InChI=1S/C11H13F3N4O3/c1-7-15-3-2-8(17-7)4-16-10(21)18(5-9(19)20)6-11(12,13)14/h2-3H,4-6H2,1H3,(H,16,21)(H,19,20). The van der Waals surface area contributed by atoms with Gasteiger partial charge in [0.15, 0.2) is 0 Å². The fourth-order valence-corrected chi connectivity index (χ4v) is 1.46. The Balaban J connectivity index is 2.65. The molecule has 0 saturated heterocycles. The number of alkyl halides is 3. The lowest BCUT2D eigenvalue weighted by atomic mass is 10.4. The number of carbonyl (C=O) groups is 2. The predicted molar refractivity (Wildman–Crippen MR) is 64.3 cm³/mol. The lowest BCUT2D eigenvalue weighted by Gasteiger charge is -2.22. The Morgan fingerprint density at radius 2 is 2.10 bits per heavy atom. The van der Waals surface area contributed by atoms with Crippen molar-refractivity contribution < 1.29 is 27.9 Å². The zero-order chi connectivity index (χ0) is 16.0. The highest BCUT2D eigenvalue weighted by atomic mass is 19.4. The van der Waals surface area contributed by atoms with E-state index in [1.54, 1.807) is 6.92 Å². The monoisotopic (exact) mass is 306 g/mol. The van der Waals surface area contributed by atoms with E-state index >= 15 is 0 Å². The molecule has 0 radical (unpaired) electrons. The van der Waals surface area contributed by atoms with E-state index in [-0.39, 0.29) is 11.4 Å². The predicted octanol–water partition coefficient (Wildman–Crippen LogP) is 0.944. The molecule has 0 aromatic carbocycles. The van der Waals surface area contributed by atoms with E-state index in [0.29, 0.717) is 11.5 Å². The molecule has 0 bridgehead atoms. The van der Waals surface area contributed by atoms with Crippen molar-refractivity contribution in [2.24, 2.45) is 0 Å². The van der Waals surface area contributed by atoms with Crippen molar-refractivity contribution in [1.82, 2.24) is 20.2 Å². The first kappa shape index (κ1) is 16.7. The summed E-state index contributed by atoms with van der Waals surface area (Å²) in [6, 6.07) is 0.351. The summed E-state index contributed by atoms with van der Waals surface area (Å²) in [6.45, 7) is -1.20. The van der Waals surface area contributed by atoms with Gasteiger partial charge in [-0.3, -0.25) is 4.79 Å². The molecule has 1 aromatic rings. The van der Waals surface area contributed by atoms with Crippen molar-refractivity contribution in [2.75, 3.05) is 13.1 Å². The number of carbonyl (C=O) groups excluding carboxylic acids is 1. The van der Waals surface area contributed by atoms with Crippen LogP contribution in [0.15, 0.2) is 12.3 Å². The van der Waals surface area contributed by atoms with Gasteiger partial charge in [0.2, 0.25) is 0 Å². The quantitative estimate of drug-likeness (QED) is 0.844. The lowest BCUT2D eigenvalue weighted by Crippen LogP contribution is -2.46. The summed E-state index contributed by atoms with van der Waals surface area (Å²) >= 11 is 0. The third kappa shape index (κ3) is 6.54. The molecule has 1 heterocycles. The highest BCUT2D eigenvalue weighted by Gasteiger charge is 2.33. The Kier molecular flexibility index (Phi) is 5.44. The SMILES string of the molecule is Cc1nccc(CNC(=O)N(CC(=O)O)CC(F)(F)F)n1. The molecule has 0 spiro atoms. The molecule has 0 atom stereocenters. The molecule has 0 aliphatic heterocycles. The highest BCUT2D eigenvalue weighted by Crippen LogP contribution is 2.16. The van der Waals surface area contributed by atoms with Gasteiger partial charge in [0.1, 0.15) is 18.9 Å². The van der Waals surface area contributed by atoms with E-state index in [0.717, 1.165) is 0 Å². The molecule has 7 nitrogen and oxygen atoms in total. The van der Waals surface area contributed by atoms with Gasteiger partial charge in [0.05, 0.1) is 12.2 Å². The molecule has 0 aliphatic carbocycles. The third-order valence-electron chi connectivity index (χ3n) is 2.24. The summed E-state index contributed by atoms with van der Waals surface area (Å²) in [7, 11) is 0. The van der Waals surface area contributed by atoms with E-state index in [4.69, 9.17) is 5.11 Å². The fourth-order valence-electron chi connectivity index (χ4n) is 1.46. The second-order valence-corrected chi connectivity index (χ2v) is 4.12. The average Bonchev–Trinajstić information content (AvgIpc) is 2.33. The highest BCUT2D eigenvalue weighted by molar-refractivity contribution is 5.80. The number of rotatable bonds is 5. The number of nitrogens with one attached hydrogen (secondary N) is 1. The van der Waals surface area contributed by atoms with Crippen molar-refractivity contribution in [1.29, 1.82) is 0 Å². The minimum atomic E-state index is -4.68. The number of urea groups is 1. The smallest absolute Gasteiger partial charge is 0.406 e. The Morgan fingerprint density at radius 1 is 1.43 bits per heavy atom. The van der Waals surface area contributed by atoms with Crippen LogP contribution in [0.4, 0.5) is 18.0 Å². The van der Waals surface area contributed by atoms with Crippen LogP contribution in [0.1, 0.15) is 11.5 Å². The van der Waals surface area contributed by atoms with Gasteiger partial charge in [-0.25, -0.2) is 14.8 Å². The average molecular weight is 306 g/mol. The Hall–Kier alpha value is -2.39. The molecule has 1 rings (SSSR count). The topological polar surface area (TPSA) is 95.4 Å². The zero-order valence-corrected chi connectivity index (χ0v) is 11.0. The van der Waals surface area contributed by atoms with Crippen LogP contribution < -0.4 is 5.32 Å². The first-order valence-electron chi connectivity index (χ1n) is 5.77. The van der Waals surface area contributed by atoms with Crippen LogP contribution in [0.2, 0.25) is 0 Å². The Bertz CT molecular complexity index is 522. The number of nitrogens with zero attached hydrogens (tertiary/aromatic N) is 3. The lowest BCUT2D eigenvalue weighted by molar-refractivity contribution is -0.148. The number of hydrogen-bond acceptors (Lipinski definition) is 4. The van der Waals surface area contributed by atoms with Gasteiger partial charge in [-0.05, 0) is 13.0 Å². The molecule has 116 valence electrons. The second-order valence-electron chi connectivity index (χ2n) is 4.12. The molecular weight excluding hydrogens is 293 g/mol. The first-order chi connectivity index (χ1) is 9.67. The number of halogens is 3. The normalized spacial score (nSPS) is 11.0. The molecule has 0 unspecified atom stereocenters. The van der Waals surface area contributed by atoms with Gasteiger partial charge in [-0.1, -0.05) is 0 Å². The number of aromatic nitrogens is 2. The first-order valence-corrected chi connectivity index (χ1v) is 5.77. The molecule has 2 N–H and O–H groups in total. The number of hydrogen-bond donors (Lipinski definition) is 2. The molecule has 0 saturated carbocycles. The van der Waals surface area contributed by atoms with E-state index in [1.807, 2.05) is 0 Å². The van der Waals surface area contributed by atoms with Gasteiger partial charge in [-0.2, -0.15) is 13.2 Å². The van der Waals surface area contributed by atoms with E-state index in [2.05, 4.69) is 15.3 Å². The molecule has 21 heavy (non-hydrogen) atoms. The fraction of sp³-hybridized carbons (Fsp3) is 0.455. The van der Waals surface area contributed by atoms with E-state index in [9.17, 15) is 22.8 Å². The van der Waals surface area contributed by atoms with E-state index < -0.39 is 31.3 Å². The van der Waals surface area contributed by atoms with Crippen LogP contribution >= 0.6 is 0 Å².